The number of methoxy groups -OCH3 is 1. The van der Waals surface area contributed by atoms with E-state index in [1.165, 1.54) is 6.26 Å². The highest BCUT2D eigenvalue weighted by atomic mass is 16.5. The van der Waals surface area contributed by atoms with Gasteiger partial charge < -0.3 is 19.6 Å². The van der Waals surface area contributed by atoms with Crippen LogP contribution in [0.5, 0.6) is 5.88 Å². The van der Waals surface area contributed by atoms with Gasteiger partial charge in [-0.1, -0.05) is 0 Å². The molecule has 0 aromatic carbocycles. The molecule has 0 aliphatic carbocycles. The second kappa shape index (κ2) is 4.82. The fourth-order valence-electron chi connectivity index (χ4n) is 1.58. The smallest absolute Gasteiger partial charge is 0.372 e. The molecule has 0 bridgehead atoms. The average molecular weight is 251 g/mol. The number of hydrogen-bond acceptors (Lipinski definition) is 5. The van der Waals surface area contributed by atoms with Gasteiger partial charge in [-0.3, -0.25) is 0 Å². The molecule has 0 aliphatic heterocycles. The molecule has 2 aromatic heterocycles. The van der Waals surface area contributed by atoms with Gasteiger partial charge in [0.2, 0.25) is 11.6 Å². The molecule has 0 aliphatic rings. The first kappa shape index (κ1) is 12.0. The standard InChI is InChI=1S/C11H13N3O4/c1-14-9(17-2)5-8(13-14)12-6-7-3-4-18-10(7)11(15)16/h3-5H,6H2,1-2H3,(H,12,13)(H,15,16). The number of carboxylic acid groups (broad SMARTS) is 1. The minimum Gasteiger partial charge on any atom is -0.481 e. The third-order valence-electron chi connectivity index (χ3n) is 2.45. The number of aromatic carboxylic acids is 1. The molecule has 2 aromatic rings. The van der Waals surface area contributed by atoms with E-state index >= 15 is 0 Å². The zero-order valence-corrected chi connectivity index (χ0v) is 10.0. The van der Waals surface area contributed by atoms with Crippen molar-refractivity contribution < 1.29 is 19.1 Å². The van der Waals surface area contributed by atoms with Gasteiger partial charge >= 0.3 is 5.97 Å². The lowest BCUT2D eigenvalue weighted by atomic mass is 10.2. The Labute approximate surface area is 103 Å². The van der Waals surface area contributed by atoms with Crippen molar-refractivity contribution in [2.45, 2.75) is 6.54 Å². The predicted octanol–water partition coefficient (Wildman–Crippen LogP) is 1.33. The Morgan fingerprint density at radius 2 is 2.44 bits per heavy atom. The zero-order valence-electron chi connectivity index (χ0n) is 10.0. The quantitative estimate of drug-likeness (QED) is 0.833. The van der Waals surface area contributed by atoms with Crippen LogP contribution in [0.3, 0.4) is 0 Å². The summed E-state index contributed by atoms with van der Waals surface area (Å²) in [4.78, 5) is 10.8. The number of ether oxygens (including phenoxy) is 1. The highest BCUT2D eigenvalue weighted by Gasteiger charge is 2.14. The molecule has 7 heteroatoms. The van der Waals surface area contributed by atoms with E-state index in [-0.39, 0.29) is 5.76 Å². The molecule has 0 amide bonds. The van der Waals surface area contributed by atoms with Crippen molar-refractivity contribution in [3.63, 3.8) is 0 Å². The van der Waals surface area contributed by atoms with E-state index in [2.05, 4.69) is 10.4 Å². The summed E-state index contributed by atoms with van der Waals surface area (Å²) < 4.78 is 11.5. The highest BCUT2D eigenvalue weighted by Crippen LogP contribution is 2.17. The van der Waals surface area contributed by atoms with Crippen LogP contribution in [0.25, 0.3) is 0 Å². The van der Waals surface area contributed by atoms with Crippen LogP contribution >= 0.6 is 0 Å². The van der Waals surface area contributed by atoms with Crippen LogP contribution in [-0.2, 0) is 13.6 Å². The first-order chi connectivity index (χ1) is 8.61. The molecule has 0 saturated heterocycles. The maximum absolute atomic E-state index is 10.8. The SMILES string of the molecule is COc1cc(NCc2ccoc2C(=O)O)nn1C. The van der Waals surface area contributed by atoms with Gasteiger partial charge in [0.15, 0.2) is 5.82 Å². The second-order valence-corrected chi connectivity index (χ2v) is 3.63. The Balaban J connectivity index is 2.06. The fraction of sp³-hybridized carbons (Fsp3) is 0.273. The summed E-state index contributed by atoms with van der Waals surface area (Å²) in [6.07, 6.45) is 1.35. The molecule has 7 nitrogen and oxygen atoms in total. The van der Waals surface area contributed by atoms with Crippen molar-refractivity contribution >= 4 is 11.8 Å². The second-order valence-electron chi connectivity index (χ2n) is 3.63. The third kappa shape index (κ3) is 2.29. The molecule has 18 heavy (non-hydrogen) atoms. The van der Waals surface area contributed by atoms with Gasteiger partial charge in [-0.15, -0.1) is 0 Å². The average Bonchev–Trinajstić information content (AvgIpc) is 2.92. The highest BCUT2D eigenvalue weighted by molar-refractivity contribution is 5.86. The molecule has 2 rings (SSSR count). The summed E-state index contributed by atoms with van der Waals surface area (Å²) in [6, 6.07) is 3.33. The maximum atomic E-state index is 10.8. The maximum Gasteiger partial charge on any atom is 0.372 e. The van der Waals surface area contributed by atoms with E-state index in [1.807, 2.05) is 0 Å². The van der Waals surface area contributed by atoms with Crippen molar-refractivity contribution in [2.75, 3.05) is 12.4 Å². The first-order valence-corrected chi connectivity index (χ1v) is 5.23. The molecule has 0 fully saturated rings. The van der Waals surface area contributed by atoms with Gasteiger partial charge in [0.1, 0.15) is 0 Å². The number of aromatic nitrogens is 2. The molecule has 0 radical (unpaired) electrons. The van der Waals surface area contributed by atoms with Crippen LogP contribution in [0.4, 0.5) is 5.82 Å². The zero-order chi connectivity index (χ0) is 13.1. The van der Waals surface area contributed by atoms with Crippen molar-refractivity contribution in [3.8, 4) is 5.88 Å². The van der Waals surface area contributed by atoms with Crippen molar-refractivity contribution in [3.05, 3.63) is 29.7 Å². The van der Waals surface area contributed by atoms with Gasteiger partial charge in [-0.05, 0) is 6.07 Å². The number of nitrogens with zero attached hydrogens (tertiary/aromatic N) is 2. The van der Waals surface area contributed by atoms with E-state index in [0.717, 1.165) is 0 Å². The molecule has 0 atom stereocenters. The van der Waals surface area contributed by atoms with Crippen LogP contribution in [-0.4, -0.2) is 28.0 Å². The van der Waals surface area contributed by atoms with E-state index in [0.29, 0.717) is 23.8 Å². The van der Waals surface area contributed by atoms with Gasteiger partial charge in [-0.2, -0.15) is 5.10 Å². The largest absolute Gasteiger partial charge is 0.481 e. The summed E-state index contributed by atoms with van der Waals surface area (Å²) in [5.74, 6) is 0.0656. The molecule has 2 N–H and O–H groups in total. The minimum absolute atomic E-state index is 0.0644. The molecule has 2 heterocycles. The van der Waals surface area contributed by atoms with E-state index < -0.39 is 5.97 Å². The number of rotatable bonds is 5. The number of carboxylic acids is 1. The van der Waals surface area contributed by atoms with Crippen LogP contribution in [0.2, 0.25) is 0 Å². The minimum atomic E-state index is -1.09. The number of nitrogens with one attached hydrogen (secondary N) is 1. The lowest BCUT2D eigenvalue weighted by Gasteiger charge is -2.00. The number of furan rings is 1. The number of aryl methyl sites for hydroxylation is 1. The fourth-order valence-corrected chi connectivity index (χ4v) is 1.58. The van der Waals surface area contributed by atoms with Gasteiger partial charge in [-0.25, -0.2) is 9.48 Å². The first-order valence-electron chi connectivity index (χ1n) is 5.23. The Morgan fingerprint density at radius 3 is 3.06 bits per heavy atom. The third-order valence-corrected chi connectivity index (χ3v) is 2.45. The van der Waals surface area contributed by atoms with Crippen LogP contribution in [0, 0.1) is 0 Å². The van der Waals surface area contributed by atoms with Gasteiger partial charge in [0, 0.05) is 25.2 Å². The van der Waals surface area contributed by atoms with Gasteiger partial charge in [0.05, 0.1) is 13.4 Å². The Morgan fingerprint density at radius 1 is 1.67 bits per heavy atom. The summed E-state index contributed by atoms with van der Waals surface area (Å²) >= 11 is 0. The number of anilines is 1. The summed E-state index contributed by atoms with van der Waals surface area (Å²) in [5, 5.41) is 16.0. The Kier molecular flexibility index (Phi) is 3.22. The molecular formula is C11H13N3O4. The van der Waals surface area contributed by atoms with Crippen molar-refractivity contribution in [1.82, 2.24) is 9.78 Å². The normalized spacial score (nSPS) is 10.3. The lowest BCUT2D eigenvalue weighted by Crippen LogP contribution is -2.05. The van der Waals surface area contributed by atoms with Crippen LogP contribution in [0.1, 0.15) is 16.1 Å². The van der Waals surface area contributed by atoms with E-state index in [9.17, 15) is 4.79 Å². The van der Waals surface area contributed by atoms with Crippen molar-refractivity contribution in [1.29, 1.82) is 0 Å². The van der Waals surface area contributed by atoms with E-state index in [1.54, 1.807) is 31.0 Å². The molecule has 96 valence electrons. The number of carbonyl (C=O) groups is 1. The van der Waals surface area contributed by atoms with Gasteiger partial charge in [0.25, 0.3) is 0 Å². The summed E-state index contributed by atoms with van der Waals surface area (Å²) in [7, 11) is 3.31. The predicted molar refractivity (Wildman–Crippen MR) is 62.8 cm³/mol. The molecule has 0 saturated carbocycles. The lowest BCUT2D eigenvalue weighted by molar-refractivity contribution is 0.0661. The van der Waals surface area contributed by atoms with Crippen molar-refractivity contribution in [2.24, 2.45) is 7.05 Å². The monoisotopic (exact) mass is 251 g/mol. The summed E-state index contributed by atoms with van der Waals surface area (Å²) in [6.45, 7) is 0.318. The van der Waals surface area contributed by atoms with Crippen LogP contribution < -0.4 is 10.1 Å². The summed E-state index contributed by atoms with van der Waals surface area (Å²) in [5.41, 5.74) is 0.562. The molecule has 0 spiro atoms. The topological polar surface area (TPSA) is 89.5 Å². The molecule has 0 unspecified atom stereocenters. The van der Waals surface area contributed by atoms with Crippen LogP contribution in [0.15, 0.2) is 22.8 Å². The number of hydrogen-bond donors (Lipinski definition) is 2. The Bertz CT molecular complexity index is 558. The van der Waals surface area contributed by atoms with E-state index in [4.69, 9.17) is 14.3 Å². The molecular weight excluding hydrogens is 238 g/mol. The Hall–Kier alpha value is -2.44.